The minimum atomic E-state index is -1.72. The van der Waals surface area contributed by atoms with Crippen molar-refractivity contribution < 1.29 is 31.9 Å². The first-order chi connectivity index (χ1) is 20.5. The van der Waals surface area contributed by atoms with Gasteiger partial charge in [0.05, 0.1) is 5.25 Å². The van der Waals surface area contributed by atoms with Crippen molar-refractivity contribution >= 4 is 46.9 Å². The molecule has 1 atom stereocenters. The zero-order valence-electron chi connectivity index (χ0n) is 22.9. The highest BCUT2D eigenvalue weighted by atomic mass is 32.2. The smallest absolute Gasteiger partial charge is 0.272 e. The lowest BCUT2D eigenvalue weighted by Crippen LogP contribution is -2.30. The molecule has 4 aromatic carbocycles. The molecule has 4 aromatic rings. The molecule has 0 aromatic heterocycles. The number of amides is 3. The number of carbonyl (C=O) groups excluding carboxylic acids is 3. The Labute approximate surface area is 249 Å². The number of thioether (sulfide) groups is 1. The summed E-state index contributed by atoms with van der Waals surface area (Å²) in [4.78, 5) is 39.3. The molecule has 0 saturated carbocycles. The Kier molecular flexibility index (Phi) is 9.99. The molecule has 0 bridgehead atoms. The van der Waals surface area contributed by atoms with E-state index in [9.17, 15) is 31.9 Å². The van der Waals surface area contributed by atoms with Gasteiger partial charge in [-0.2, -0.15) is 0 Å². The maximum Gasteiger partial charge on any atom is 0.272 e. The zero-order chi connectivity index (χ0) is 31.1. The molecule has 0 aliphatic rings. The molecule has 0 saturated heterocycles. The summed E-state index contributed by atoms with van der Waals surface area (Å²) in [5.74, 6) is -8.73. The standard InChI is InChI=1S/C32H25F4N3O3S/c1-18-9-6-7-12-21(18)15-26(38-31(41)20-10-4-3-5-11-20)32(42)37-22-13-8-14-23(16-22)43-19(2)30(40)39-29-27(35)24(33)17-25(34)28(29)36/h3-17,19H,1-2H3,(H,37,42)(H,38,41)(H,39,40)/b26-15-. The number of benzene rings is 4. The quantitative estimate of drug-likeness (QED) is 0.0822. The topological polar surface area (TPSA) is 87.3 Å². The van der Waals surface area contributed by atoms with Gasteiger partial charge in [-0.05, 0) is 61.4 Å². The van der Waals surface area contributed by atoms with E-state index in [-0.39, 0.29) is 11.8 Å². The van der Waals surface area contributed by atoms with Gasteiger partial charge in [0.2, 0.25) is 5.91 Å². The van der Waals surface area contributed by atoms with Crippen molar-refractivity contribution in [2.45, 2.75) is 24.0 Å². The zero-order valence-corrected chi connectivity index (χ0v) is 23.7. The molecule has 0 aliphatic heterocycles. The molecule has 0 fully saturated rings. The van der Waals surface area contributed by atoms with Crippen molar-refractivity contribution in [2.75, 3.05) is 10.6 Å². The van der Waals surface area contributed by atoms with Crippen molar-refractivity contribution in [1.82, 2.24) is 5.32 Å². The molecule has 3 N–H and O–H groups in total. The third-order valence-corrected chi connectivity index (χ3v) is 7.24. The summed E-state index contributed by atoms with van der Waals surface area (Å²) in [7, 11) is 0. The first-order valence-electron chi connectivity index (χ1n) is 12.9. The SMILES string of the molecule is Cc1ccccc1/C=C(\NC(=O)c1ccccc1)C(=O)Nc1cccc(SC(C)C(=O)Nc2c(F)c(F)cc(F)c2F)c1. The van der Waals surface area contributed by atoms with Gasteiger partial charge in [-0.25, -0.2) is 17.6 Å². The van der Waals surface area contributed by atoms with Crippen molar-refractivity contribution in [3.05, 3.63) is 131 Å². The summed E-state index contributed by atoms with van der Waals surface area (Å²) in [5.41, 5.74) is 1.06. The molecule has 3 amide bonds. The summed E-state index contributed by atoms with van der Waals surface area (Å²) in [6.07, 6.45) is 1.56. The highest BCUT2D eigenvalue weighted by Crippen LogP contribution is 2.29. The van der Waals surface area contributed by atoms with Gasteiger partial charge in [0.25, 0.3) is 11.8 Å². The number of nitrogens with one attached hydrogen (secondary N) is 3. The van der Waals surface area contributed by atoms with Crippen molar-refractivity contribution in [1.29, 1.82) is 0 Å². The van der Waals surface area contributed by atoms with E-state index >= 15 is 0 Å². The van der Waals surface area contributed by atoms with Gasteiger partial charge in [-0.1, -0.05) is 48.5 Å². The Bertz CT molecular complexity index is 1690. The summed E-state index contributed by atoms with van der Waals surface area (Å²) in [6, 6.07) is 22.2. The Morgan fingerprint density at radius 1 is 0.791 bits per heavy atom. The van der Waals surface area contributed by atoms with Crippen LogP contribution in [-0.4, -0.2) is 23.0 Å². The molecular weight excluding hydrogens is 582 g/mol. The molecule has 0 spiro atoms. The highest BCUT2D eigenvalue weighted by molar-refractivity contribution is 8.00. The first-order valence-corrected chi connectivity index (χ1v) is 13.8. The van der Waals surface area contributed by atoms with Crippen LogP contribution in [0.2, 0.25) is 0 Å². The lowest BCUT2D eigenvalue weighted by atomic mass is 10.1. The molecule has 220 valence electrons. The molecule has 1 unspecified atom stereocenters. The average molecular weight is 608 g/mol. The van der Waals surface area contributed by atoms with Gasteiger partial charge in [0.1, 0.15) is 11.4 Å². The maximum atomic E-state index is 14.0. The first kappa shape index (κ1) is 31.0. The predicted octanol–water partition coefficient (Wildman–Crippen LogP) is 7.08. The second-order valence-electron chi connectivity index (χ2n) is 9.31. The van der Waals surface area contributed by atoms with Crippen LogP contribution in [0.25, 0.3) is 6.08 Å². The third kappa shape index (κ3) is 7.89. The van der Waals surface area contributed by atoms with Gasteiger partial charge in [0.15, 0.2) is 23.3 Å². The molecule has 11 heteroatoms. The van der Waals surface area contributed by atoms with Gasteiger partial charge < -0.3 is 16.0 Å². The molecule has 0 radical (unpaired) electrons. The van der Waals surface area contributed by atoms with E-state index in [1.165, 1.54) is 6.92 Å². The fourth-order valence-electron chi connectivity index (χ4n) is 3.86. The van der Waals surface area contributed by atoms with E-state index in [1.54, 1.807) is 72.8 Å². The van der Waals surface area contributed by atoms with Crippen LogP contribution in [-0.2, 0) is 9.59 Å². The molecule has 6 nitrogen and oxygen atoms in total. The number of aryl methyl sites for hydroxylation is 1. The van der Waals surface area contributed by atoms with Crippen LogP contribution in [0.1, 0.15) is 28.4 Å². The Hall–Kier alpha value is -4.90. The van der Waals surface area contributed by atoms with Gasteiger partial charge in [-0.3, -0.25) is 14.4 Å². The monoisotopic (exact) mass is 607 g/mol. The second kappa shape index (κ2) is 13.8. The second-order valence-corrected chi connectivity index (χ2v) is 10.7. The van der Waals surface area contributed by atoms with Crippen molar-refractivity contribution in [3.8, 4) is 0 Å². The number of anilines is 2. The minimum Gasteiger partial charge on any atom is -0.321 e. The summed E-state index contributed by atoms with van der Waals surface area (Å²) in [5, 5.41) is 6.33. The molecule has 43 heavy (non-hydrogen) atoms. The molecule has 0 heterocycles. The van der Waals surface area contributed by atoms with Crippen LogP contribution < -0.4 is 16.0 Å². The molecule has 4 rings (SSSR count). The number of hydrogen-bond acceptors (Lipinski definition) is 4. The van der Waals surface area contributed by atoms with Crippen molar-refractivity contribution in [3.63, 3.8) is 0 Å². The molecular formula is C32H25F4N3O3S. The lowest BCUT2D eigenvalue weighted by molar-refractivity contribution is -0.115. The lowest BCUT2D eigenvalue weighted by Gasteiger charge is -2.15. The van der Waals surface area contributed by atoms with Gasteiger partial charge in [-0.15, -0.1) is 11.8 Å². The van der Waals surface area contributed by atoms with E-state index in [0.29, 0.717) is 16.1 Å². The van der Waals surface area contributed by atoms with E-state index < -0.39 is 51.9 Å². The van der Waals surface area contributed by atoms with Crippen LogP contribution in [0, 0.1) is 30.2 Å². The predicted molar refractivity (Wildman–Crippen MR) is 158 cm³/mol. The third-order valence-electron chi connectivity index (χ3n) is 6.15. The Morgan fingerprint density at radius 3 is 2.12 bits per heavy atom. The van der Waals surface area contributed by atoms with Crippen LogP contribution in [0.15, 0.2) is 95.5 Å². The summed E-state index contributed by atoms with van der Waals surface area (Å²) in [6.45, 7) is 3.30. The largest absolute Gasteiger partial charge is 0.321 e. The van der Waals surface area contributed by atoms with Crippen LogP contribution in [0.4, 0.5) is 28.9 Å². The fraction of sp³-hybridized carbons (Fsp3) is 0.0938. The average Bonchev–Trinajstić information content (AvgIpc) is 2.99. The van der Waals surface area contributed by atoms with Gasteiger partial charge in [0, 0.05) is 22.2 Å². The van der Waals surface area contributed by atoms with Crippen molar-refractivity contribution in [2.24, 2.45) is 0 Å². The Morgan fingerprint density at radius 2 is 1.44 bits per heavy atom. The van der Waals surface area contributed by atoms with Gasteiger partial charge >= 0.3 is 0 Å². The Balaban J connectivity index is 1.50. The summed E-state index contributed by atoms with van der Waals surface area (Å²) < 4.78 is 55.0. The normalized spacial score (nSPS) is 11.9. The molecule has 0 aliphatic carbocycles. The van der Waals surface area contributed by atoms with E-state index in [0.717, 1.165) is 22.9 Å². The maximum absolute atomic E-state index is 14.0. The van der Waals surface area contributed by atoms with E-state index in [2.05, 4.69) is 10.6 Å². The number of rotatable bonds is 9. The highest BCUT2D eigenvalue weighted by Gasteiger charge is 2.24. The fourth-order valence-corrected chi connectivity index (χ4v) is 4.78. The number of carbonyl (C=O) groups is 3. The van der Waals surface area contributed by atoms with Crippen LogP contribution >= 0.6 is 11.8 Å². The van der Waals surface area contributed by atoms with Crippen LogP contribution in [0.3, 0.4) is 0 Å². The number of hydrogen-bond donors (Lipinski definition) is 3. The summed E-state index contributed by atoms with van der Waals surface area (Å²) >= 11 is 0.973. The number of halogens is 4. The van der Waals surface area contributed by atoms with Crippen LogP contribution in [0.5, 0.6) is 0 Å². The van der Waals surface area contributed by atoms with E-state index in [4.69, 9.17) is 0 Å². The van der Waals surface area contributed by atoms with E-state index in [1.807, 2.05) is 24.4 Å². The minimum absolute atomic E-state index is 0.0136.